The van der Waals surface area contributed by atoms with E-state index in [1.165, 1.54) is 71.0 Å². The van der Waals surface area contributed by atoms with Crippen molar-refractivity contribution in [1.29, 1.82) is 0 Å². The van der Waals surface area contributed by atoms with E-state index >= 15 is 0 Å². The number of thioether (sulfide) groups is 1. The van der Waals surface area contributed by atoms with Crippen LogP contribution in [0.3, 0.4) is 0 Å². The molecule has 3 heteroatoms. The summed E-state index contributed by atoms with van der Waals surface area (Å²) in [6, 6.07) is 1.47. The van der Waals surface area contributed by atoms with Crippen molar-refractivity contribution >= 4 is 11.8 Å². The normalized spacial score (nSPS) is 28.5. The zero-order valence-electron chi connectivity index (χ0n) is 13.8. The lowest BCUT2D eigenvalue weighted by atomic mass is 9.88. The molecule has 2 aliphatic rings. The van der Waals surface area contributed by atoms with Gasteiger partial charge >= 0.3 is 0 Å². The smallest absolute Gasteiger partial charge is 0.0281 e. The van der Waals surface area contributed by atoms with Crippen LogP contribution >= 0.6 is 11.8 Å². The van der Waals surface area contributed by atoms with Crippen LogP contribution in [0.5, 0.6) is 0 Å². The summed E-state index contributed by atoms with van der Waals surface area (Å²) in [5.41, 5.74) is 0. The van der Waals surface area contributed by atoms with Crippen molar-refractivity contribution in [3.63, 3.8) is 0 Å². The first-order valence-electron chi connectivity index (χ1n) is 8.68. The Balaban J connectivity index is 1.78. The standard InChI is InChI=1S/C17H34N2S/c1-15(2)19-12-7-8-16(9-13-19)18-14-17(20-3)10-5-4-6-11-17/h15-16,18H,4-14H2,1-3H3. The van der Waals surface area contributed by atoms with E-state index in [2.05, 4.69) is 42.1 Å². The van der Waals surface area contributed by atoms with Crippen LogP contribution < -0.4 is 5.32 Å². The monoisotopic (exact) mass is 298 g/mol. The molecule has 2 nitrogen and oxygen atoms in total. The summed E-state index contributed by atoms with van der Waals surface area (Å²) in [6.45, 7) is 8.47. The van der Waals surface area contributed by atoms with Gasteiger partial charge in [-0.1, -0.05) is 19.3 Å². The molecule has 1 N–H and O–H groups in total. The molecule has 1 saturated carbocycles. The van der Waals surface area contributed by atoms with Crippen molar-refractivity contribution < 1.29 is 0 Å². The van der Waals surface area contributed by atoms with Gasteiger partial charge in [0.2, 0.25) is 0 Å². The van der Waals surface area contributed by atoms with E-state index < -0.39 is 0 Å². The molecule has 0 amide bonds. The molecule has 1 heterocycles. The van der Waals surface area contributed by atoms with E-state index in [-0.39, 0.29) is 0 Å². The Morgan fingerprint density at radius 1 is 1.10 bits per heavy atom. The number of hydrogen-bond acceptors (Lipinski definition) is 3. The molecule has 0 aromatic heterocycles. The molecule has 2 fully saturated rings. The molecule has 0 aromatic carbocycles. The zero-order valence-corrected chi connectivity index (χ0v) is 14.6. The van der Waals surface area contributed by atoms with Crippen LogP contribution in [0.25, 0.3) is 0 Å². The van der Waals surface area contributed by atoms with Gasteiger partial charge in [0, 0.05) is 23.4 Å². The van der Waals surface area contributed by atoms with Crippen LogP contribution in [0.1, 0.15) is 65.2 Å². The molecule has 118 valence electrons. The van der Waals surface area contributed by atoms with Crippen LogP contribution in [0, 0.1) is 0 Å². The van der Waals surface area contributed by atoms with Gasteiger partial charge in [-0.25, -0.2) is 0 Å². The predicted octanol–water partition coefficient (Wildman–Crippen LogP) is 3.90. The fourth-order valence-corrected chi connectivity index (χ4v) is 4.74. The van der Waals surface area contributed by atoms with Crippen LogP contribution in [0.4, 0.5) is 0 Å². The molecule has 1 atom stereocenters. The molecule has 1 saturated heterocycles. The van der Waals surface area contributed by atoms with Gasteiger partial charge in [0.1, 0.15) is 0 Å². The maximum Gasteiger partial charge on any atom is 0.0281 e. The Labute approximate surface area is 130 Å². The minimum atomic E-state index is 0.544. The van der Waals surface area contributed by atoms with Gasteiger partial charge < -0.3 is 10.2 Å². The molecule has 1 unspecified atom stereocenters. The number of nitrogens with one attached hydrogen (secondary N) is 1. The Hall–Kier alpha value is 0.270. The van der Waals surface area contributed by atoms with E-state index in [0.29, 0.717) is 10.8 Å². The van der Waals surface area contributed by atoms with Crippen LogP contribution in [0.15, 0.2) is 0 Å². The number of rotatable bonds is 5. The maximum absolute atomic E-state index is 3.94. The third kappa shape index (κ3) is 4.64. The van der Waals surface area contributed by atoms with Gasteiger partial charge in [-0.15, -0.1) is 0 Å². The van der Waals surface area contributed by atoms with Gasteiger partial charge in [-0.2, -0.15) is 11.8 Å². The average Bonchev–Trinajstić information content (AvgIpc) is 2.72. The first-order valence-corrected chi connectivity index (χ1v) is 9.90. The van der Waals surface area contributed by atoms with Crippen molar-refractivity contribution in [2.75, 3.05) is 25.9 Å². The minimum Gasteiger partial charge on any atom is -0.313 e. The third-order valence-electron chi connectivity index (χ3n) is 5.40. The summed E-state index contributed by atoms with van der Waals surface area (Å²) >= 11 is 2.12. The molecule has 0 bridgehead atoms. The second-order valence-electron chi connectivity index (χ2n) is 7.09. The lowest BCUT2D eigenvalue weighted by Crippen LogP contribution is -2.44. The third-order valence-corrected chi connectivity index (χ3v) is 6.82. The largest absolute Gasteiger partial charge is 0.313 e. The summed E-state index contributed by atoms with van der Waals surface area (Å²) < 4.78 is 0.544. The maximum atomic E-state index is 3.94. The Bertz CT molecular complexity index is 274. The van der Waals surface area contributed by atoms with E-state index in [1.54, 1.807) is 0 Å². The zero-order chi connectivity index (χ0) is 14.4. The fraction of sp³-hybridized carbons (Fsp3) is 1.00. The quantitative estimate of drug-likeness (QED) is 0.828. The Kier molecular flexibility index (Phi) is 6.70. The highest BCUT2D eigenvalue weighted by molar-refractivity contribution is 8.00. The van der Waals surface area contributed by atoms with Crippen LogP contribution in [-0.2, 0) is 0 Å². The van der Waals surface area contributed by atoms with Crippen molar-refractivity contribution in [1.82, 2.24) is 10.2 Å². The topological polar surface area (TPSA) is 15.3 Å². The number of nitrogens with zero attached hydrogens (tertiary/aromatic N) is 1. The van der Waals surface area contributed by atoms with Crippen molar-refractivity contribution in [3.05, 3.63) is 0 Å². The summed E-state index contributed by atoms with van der Waals surface area (Å²) in [4.78, 5) is 2.65. The van der Waals surface area contributed by atoms with Crippen LogP contribution in [0.2, 0.25) is 0 Å². The van der Waals surface area contributed by atoms with Crippen molar-refractivity contribution in [3.8, 4) is 0 Å². The minimum absolute atomic E-state index is 0.544. The van der Waals surface area contributed by atoms with Crippen molar-refractivity contribution in [2.24, 2.45) is 0 Å². The highest BCUT2D eigenvalue weighted by Crippen LogP contribution is 2.38. The van der Waals surface area contributed by atoms with Gasteiger partial charge in [0.15, 0.2) is 0 Å². The molecule has 0 radical (unpaired) electrons. The SMILES string of the molecule is CSC1(CNC2CCCN(C(C)C)CC2)CCCCC1. The Morgan fingerprint density at radius 3 is 2.50 bits per heavy atom. The van der Waals surface area contributed by atoms with Gasteiger partial charge in [0.25, 0.3) is 0 Å². The molecule has 1 aliphatic carbocycles. The fourth-order valence-electron chi connectivity index (χ4n) is 3.82. The summed E-state index contributed by atoms with van der Waals surface area (Å²) in [5.74, 6) is 0. The molecular weight excluding hydrogens is 264 g/mol. The summed E-state index contributed by atoms with van der Waals surface area (Å²) in [6.07, 6.45) is 13.6. The van der Waals surface area contributed by atoms with E-state index in [1.807, 2.05) is 0 Å². The first kappa shape index (κ1) is 16.6. The second-order valence-corrected chi connectivity index (χ2v) is 8.36. The van der Waals surface area contributed by atoms with Gasteiger partial charge in [-0.3, -0.25) is 0 Å². The van der Waals surface area contributed by atoms with Gasteiger partial charge in [0.05, 0.1) is 0 Å². The molecule has 20 heavy (non-hydrogen) atoms. The predicted molar refractivity (Wildman–Crippen MR) is 91.7 cm³/mol. The second kappa shape index (κ2) is 8.05. The molecule has 2 rings (SSSR count). The lowest BCUT2D eigenvalue weighted by molar-refractivity contribution is 0.228. The van der Waals surface area contributed by atoms with E-state index in [0.717, 1.165) is 6.04 Å². The van der Waals surface area contributed by atoms with E-state index in [9.17, 15) is 0 Å². The number of likely N-dealkylation sites (tertiary alicyclic amines) is 1. The lowest BCUT2D eigenvalue weighted by Gasteiger charge is -2.37. The number of hydrogen-bond donors (Lipinski definition) is 1. The average molecular weight is 299 g/mol. The highest BCUT2D eigenvalue weighted by atomic mass is 32.2. The Morgan fingerprint density at radius 2 is 1.85 bits per heavy atom. The summed E-state index contributed by atoms with van der Waals surface area (Å²) in [5, 5.41) is 3.94. The highest BCUT2D eigenvalue weighted by Gasteiger charge is 2.31. The molecule has 1 aliphatic heterocycles. The molecule has 0 aromatic rings. The first-order chi connectivity index (χ1) is 9.65. The summed E-state index contributed by atoms with van der Waals surface area (Å²) in [7, 11) is 0. The molecular formula is C17H34N2S. The van der Waals surface area contributed by atoms with Gasteiger partial charge in [-0.05, 0) is 65.3 Å². The van der Waals surface area contributed by atoms with Crippen LogP contribution in [-0.4, -0.2) is 47.6 Å². The van der Waals surface area contributed by atoms with Crippen molar-refractivity contribution in [2.45, 2.75) is 82.0 Å². The molecule has 0 spiro atoms. The van der Waals surface area contributed by atoms with E-state index in [4.69, 9.17) is 0 Å².